The van der Waals surface area contributed by atoms with E-state index in [1.165, 1.54) is 5.56 Å². The number of carbonyl (C=O) groups excluding carboxylic acids is 2. The second-order valence-electron chi connectivity index (χ2n) is 5.57. The summed E-state index contributed by atoms with van der Waals surface area (Å²) >= 11 is 0. The lowest BCUT2D eigenvalue weighted by atomic mass is 9.82. The molecular formula is C18H18N2O2. The number of nitrogens with two attached hydrogens (primary N) is 1. The molecule has 0 bridgehead atoms. The Labute approximate surface area is 129 Å². The van der Waals surface area contributed by atoms with Gasteiger partial charge in [0.1, 0.15) is 0 Å². The van der Waals surface area contributed by atoms with Crippen LogP contribution in [0, 0.1) is 0 Å². The molecule has 0 aromatic heterocycles. The molecule has 112 valence electrons. The van der Waals surface area contributed by atoms with E-state index < -0.39 is 5.91 Å². The summed E-state index contributed by atoms with van der Waals surface area (Å²) < 4.78 is 0. The second kappa shape index (κ2) is 6.02. The van der Waals surface area contributed by atoms with Crippen LogP contribution in [0.1, 0.15) is 40.2 Å². The third-order valence-electron chi connectivity index (χ3n) is 4.12. The molecule has 22 heavy (non-hydrogen) atoms. The van der Waals surface area contributed by atoms with Crippen LogP contribution >= 0.6 is 0 Å². The minimum absolute atomic E-state index is 0.000949. The molecule has 0 saturated carbocycles. The number of rotatable bonds is 3. The number of benzene rings is 2. The monoisotopic (exact) mass is 294 g/mol. The first-order valence-electron chi connectivity index (χ1n) is 7.43. The maximum Gasteiger partial charge on any atom is 0.248 e. The first kappa shape index (κ1) is 14.3. The Hall–Kier alpha value is -2.62. The summed E-state index contributed by atoms with van der Waals surface area (Å²) in [5.74, 6) is -0.584. The molecule has 1 atom stereocenters. The molecule has 1 aliphatic rings. The molecule has 0 saturated heterocycles. The summed E-state index contributed by atoms with van der Waals surface area (Å²) in [6.07, 6.45) is 2.92. The van der Waals surface area contributed by atoms with Crippen LogP contribution in [0.5, 0.6) is 0 Å². The smallest absolute Gasteiger partial charge is 0.248 e. The van der Waals surface area contributed by atoms with Gasteiger partial charge in [0, 0.05) is 11.3 Å². The second-order valence-corrected chi connectivity index (χ2v) is 5.57. The first-order valence-corrected chi connectivity index (χ1v) is 7.43. The minimum Gasteiger partial charge on any atom is -0.366 e. The number of anilines is 1. The van der Waals surface area contributed by atoms with Gasteiger partial charge in [-0.05, 0) is 54.7 Å². The van der Waals surface area contributed by atoms with Crippen molar-refractivity contribution in [2.75, 3.05) is 5.32 Å². The molecule has 0 radical (unpaired) electrons. The lowest BCUT2D eigenvalue weighted by Gasteiger charge is -2.24. The van der Waals surface area contributed by atoms with Crippen molar-refractivity contribution < 1.29 is 9.59 Å². The Morgan fingerprint density at radius 3 is 2.50 bits per heavy atom. The standard InChI is InChI=1S/C18H18N2O2/c19-17(21)13-8-10-14(11-9-13)20-18(22)16-7-3-5-12-4-1-2-6-15(12)16/h1-2,4,6,8-11,16H,3,5,7H2,(H2,19,21)(H,20,22). The van der Waals surface area contributed by atoms with Gasteiger partial charge in [-0.15, -0.1) is 0 Å². The van der Waals surface area contributed by atoms with Crippen LogP contribution < -0.4 is 11.1 Å². The molecule has 1 aliphatic carbocycles. The molecule has 2 aromatic rings. The molecule has 0 spiro atoms. The summed E-state index contributed by atoms with van der Waals surface area (Å²) in [5.41, 5.74) is 8.71. The summed E-state index contributed by atoms with van der Waals surface area (Å²) in [4.78, 5) is 23.6. The Bertz CT molecular complexity index is 707. The van der Waals surface area contributed by atoms with Crippen molar-refractivity contribution in [3.05, 3.63) is 65.2 Å². The largest absolute Gasteiger partial charge is 0.366 e. The van der Waals surface area contributed by atoms with Gasteiger partial charge in [0.2, 0.25) is 11.8 Å². The van der Waals surface area contributed by atoms with E-state index in [4.69, 9.17) is 5.73 Å². The SMILES string of the molecule is NC(=O)c1ccc(NC(=O)C2CCCc3ccccc32)cc1. The fourth-order valence-corrected chi connectivity index (χ4v) is 2.97. The fraction of sp³-hybridized carbons (Fsp3) is 0.222. The van der Waals surface area contributed by atoms with Crippen molar-refractivity contribution >= 4 is 17.5 Å². The van der Waals surface area contributed by atoms with Crippen LogP contribution in [-0.4, -0.2) is 11.8 Å². The Morgan fingerprint density at radius 1 is 1.05 bits per heavy atom. The van der Waals surface area contributed by atoms with Crippen molar-refractivity contribution in [2.45, 2.75) is 25.2 Å². The van der Waals surface area contributed by atoms with Crippen molar-refractivity contribution in [3.63, 3.8) is 0 Å². The zero-order chi connectivity index (χ0) is 15.5. The minimum atomic E-state index is -0.473. The fourth-order valence-electron chi connectivity index (χ4n) is 2.97. The highest BCUT2D eigenvalue weighted by atomic mass is 16.2. The van der Waals surface area contributed by atoms with Crippen LogP contribution in [0.3, 0.4) is 0 Å². The molecule has 0 heterocycles. The maximum atomic E-state index is 12.5. The number of nitrogens with one attached hydrogen (secondary N) is 1. The molecule has 2 aromatic carbocycles. The molecule has 0 fully saturated rings. The van der Waals surface area contributed by atoms with Crippen LogP contribution in [0.15, 0.2) is 48.5 Å². The summed E-state index contributed by atoms with van der Waals surface area (Å²) in [6.45, 7) is 0. The number of amides is 2. The van der Waals surface area contributed by atoms with Crippen molar-refractivity contribution in [2.24, 2.45) is 5.73 Å². The van der Waals surface area contributed by atoms with Gasteiger partial charge >= 0.3 is 0 Å². The van der Waals surface area contributed by atoms with Gasteiger partial charge in [-0.1, -0.05) is 24.3 Å². The lowest BCUT2D eigenvalue weighted by Crippen LogP contribution is -2.24. The molecule has 2 amide bonds. The highest BCUT2D eigenvalue weighted by Crippen LogP contribution is 2.32. The Balaban J connectivity index is 1.76. The van der Waals surface area contributed by atoms with Crippen LogP contribution in [-0.2, 0) is 11.2 Å². The van der Waals surface area contributed by atoms with E-state index in [1.807, 2.05) is 18.2 Å². The van der Waals surface area contributed by atoms with Crippen molar-refractivity contribution in [3.8, 4) is 0 Å². The molecule has 3 rings (SSSR count). The predicted octanol–water partition coefficient (Wildman–Crippen LogP) is 2.84. The number of aryl methyl sites for hydroxylation is 1. The highest BCUT2D eigenvalue weighted by molar-refractivity contribution is 5.97. The van der Waals surface area contributed by atoms with Crippen LogP contribution in [0.2, 0.25) is 0 Å². The van der Waals surface area contributed by atoms with Gasteiger partial charge in [0.25, 0.3) is 0 Å². The number of primary amides is 1. The molecule has 0 aliphatic heterocycles. The average Bonchev–Trinajstić information content (AvgIpc) is 2.54. The van der Waals surface area contributed by atoms with Gasteiger partial charge in [0.15, 0.2) is 0 Å². The van der Waals surface area contributed by atoms with Gasteiger partial charge in [0.05, 0.1) is 5.92 Å². The number of fused-ring (bicyclic) bond motifs is 1. The molecule has 1 unspecified atom stereocenters. The topological polar surface area (TPSA) is 72.2 Å². The third kappa shape index (κ3) is 2.86. The maximum absolute atomic E-state index is 12.5. The molecular weight excluding hydrogens is 276 g/mol. The predicted molar refractivity (Wildman–Crippen MR) is 85.7 cm³/mol. The van der Waals surface area contributed by atoms with Gasteiger partial charge in [-0.3, -0.25) is 9.59 Å². The summed E-state index contributed by atoms with van der Waals surface area (Å²) in [7, 11) is 0. The highest BCUT2D eigenvalue weighted by Gasteiger charge is 2.26. The normalized spacial score (nSPS) is 16.6. The van der Waals surface area contributed by atoms with E-state index in [0.29, 0.717) is 11.3 Å². The number of carbonyl (C=O) groups is 2. The van der Waals surface area contributed by atoms with Crippen LogP contribution in [0.4, 0.5) is 5.69 Å². The Kier molecular flexibility index (Phi) is 3.92. The van der Waals surface area contributed by atoms with E-state index in [2.05, 4.69) is 11.4 Å². The zero-order valence-corrected chi connectivity index (χ0v) is 12.2. The zero-order valence-electron chi connectivity index (χ0n) is 12.2. The Morgan fingerprint density at radius 2 is 1.77 bits per heavy atom. The third-order valence-corrected chi connectivity index (χ3v) is 4.12. The van der Waals surface area contributed by atoms with Crippen molar-refractivity contribution in [1.82, 2.24) is 0 Å². The molecule has 3 N–H and O–H groups in total. The van der Waals surface area contributed by atoms with Gasteiger partial charge < -0.3 is 11.1 Å². The van der Waals surface area contributed by atoms with Gasteiger partial charge in [-0.25, -0.2) is 0 Å². The first-order chi connectivity index (χ1) is 10.6. The lowest BCUT2D eigenvalue weighted by molar-refractivity contribution is -0.117. The molecule has 4 heteroatoms. The van der Waals surface area contributed by atoms with E-state index in [9.17, 15) is 9.59 Å². The number of hydrogen-bond acceptors (Lipinski definition) is 2. The average molecular weight is 294 g/mol. The van der Waals surface area contributed by atoms with E-state index >= 15 is 0 Å². The van der Waals surface area contributed by atoms with Crippen molar-refractivity contribution in [1.29, 1.82) is 0 Å². The summed E-state index contributed by atoms with van der Waals surface area (Å²) in [6, 6.07) is 14.8. The number of hydrogen-bond donors (Lipinski definition) is 2. The molecule has 4 nitrogen and oxygen atoms in total. The van der Waals surface area contributed by atoms with E-state index in [1.54, 1.807) is 24.3 Å². The quantitative estimate of drug-likeness (QED) is 0.913. The van der Waals surface area contributed by atoms with E-state index in [-0.39, 0.29) is 11.8 Å². The summed E-state index contributed by atoms with van der Waals surface area (Å²) in [5, 5.41) is 2.93. The van der Waals surface area contributed by atoms with E-state index in [0.717, 1.165) is 24.8 Å². The van der Waals surface area contributed by atoms with Gasteiger partial charge in [-0.2, -0.15) is 0 Å². The van der Waals surface area contributed by atoms with Crippen LogP contribution in [0.25, 0.3) is 0 Å².